The Hall–Kier alpha value is -2.67. The van der Waals surface area contributed by atoms with Crippen molar-refractivity contribution in [1.82, 2.24) is 4.90 Å². The van der Waals surface area contributed by atoms with Crippen LogP contribution in [0.3, 0.4) is 0 Å². The van der Waals surface area contributed by atoms with Crippen LogP contribution in [0, 0.1) is 13.8 Å². The minimum atomic E-state index is -0.883. The molecule has 2 aromatic carbocycles. The van der Waals surface area contributed by atoms with Crippen LogP contribution in [0.5, 0.6) is 0 Å². The Bertz CT molecular complexity index is 1070. The van der Waals surface area contributed by atoms with Crippen LogP contribution in [0.2, 0.25) is 0 Å². The highest BCUT2D eigenvalue weighted by molar-refractivity contribution is 7.99. The summed E-state index contributed by atoms with van der Waals surface area (Å²) in [4.78, 5) is 31.4. The van der Waals surface area contributed by atoms with E-state index in [0.717, 1.165) is 19.3 Å². The molecular weight excluding hydrogens is 520 g/mol. The van der Waals surface area contributed by atoms with Gasteiger partial charge in [0, 0.05) is 49.3 Å². The maximum atomic E-state index is 12.7. The Morgan fingerprint density at radius 2 is 1.48 bits per heavy atom. The number of aryl methyl sites for hydroxylation is 2. The van der Waals surface area contributed by atoms with E-state index in [1.165, 1.54) is 65.1 Å². The van der Waals surface area contributed by atoms with Gasteiger partial charge in [0.1, 0.15) is 0 Å². The van der Waals surface area contributed by atoms with E-state index in [-0.39, 0.29) is 5.97 Å². The first-order chi connectivity index (χ1) is 19.4. The Labute approximate surface area is 245 Å². The molecule has 1 aliphatic heterocycles. The van der Waals surface area contributed by atoms with Crippen molar-refractivity contribution in [1.29, 1.82) is 0 Å². The van der Waals surface area contributed by atoms with E-state index in [0.29, 0.717) is 32.6 Å². The molecule has 2 aromatic rings. The molecule has 1 saturated heterocycles. The van der Waals surface area contributed by atoms with Crippen LogP contribution in [-0.2, 0) is 14.3 Å². The quantitative estimate of drug-likeness (QED) is 0.122. The lowest BCUT2D eigenvalue weighted by Gasteiger charge is -2.36. The van der Waals surface area contributed by atoms with Gasteiger partial charge in [-0.3, -0.25) is 4.79 Å². The molecule has 1 amide bonds. The van der Waals surface area contributed by atoms with Crippen molar-refractivity contribution in [2.24, 2.45) is 0 Å². The predicted octanol–water partition coefficient (Wildman–Crippen LogP) is 8.52. The second-order valence-corrected chi connectivity index (χ2v) is 11.9. The van der Waals surface area contributed by atoms with E-state index in [1.54, 1.807) is 23.6 Å². The third kappa shape index (κ3) is 10.7. The molecule has 6 nitrogen and oxygen atoms in total. The molecule has 3 rings (SSSR count). The molecule has 0 spiro atoms. The van der Waals surface area contributed by atoms with Gasteiger partial charge in [0.25, 0.3) is 0 Å². The highest BCUT2D eigenvalue weighted by Crippen LogP contribution is 2.37. The molecule has 0 bridgehead atoms. The third-order valence-corrected chi connectivity index (χ3v) is 8.59. The highest BCUT2D eigenvalue weighted by Gasteiger charge is 2.25. The zero-order valence-corrected chi connectivity index (χ0v) is 25.8. The second kappa shape index (κ2) is 17.2. The number of para-hydroxylation sites is 1. The van der Waals surface area contributed by atoms with Crippen molar-refractivity contribution in [2.45, 2.75) is 108 Å². The first-order valence-electron chi connectivity index (χ1n) is 15.1. The first kappa shape index (κ1) is 31.9. The lowest BCUT2D eigenvalue weighted by Crippen LogP contribution is -2.49. The van der Waals surface area contributed by atoms with Crippen molar-refractivity contribution >= 4 is 29.5 Å². The number of esters is 1. The molecule has 0 N–H and O–H groups in total. The standard InChI is InChI=1S/C33H48N2O4S/c1-5-6-7-8-9-10-11-12-13-18-32(36)38-28(4)39-33(37)35-23-21-34(22-24-35)29-16-14-15-17-31(29)40-30-20-19-26(2)25-27(30)3/h14-17,19-20,25,28H,5-13,18,21-24H2,1-4H3. The number of unbranched alkanes of at least 4 members (excludes halogenated alkanes) is 8. The molecule has 0 radical (unpaired) electrons. The van der Waals surface area contributed by atoms with E-state index in [9.17, 15) is 9.59 Å². The van der Waals surface area contributed by atoms with Gasteiger partial charge < -0.3 is 19.3 Å². The fourth-order valence-corrected chi connectivity index (χ4v) is 6.07. The lowest BCUT2D eigenvalue weighted by molar-refractivity contribution is -0.166. The summed E-state index contributed by atoms with van der Waals surface area (Å²) in [5, 5.41) is 0. The van der Waals surface area contributed by atoms with Gasteiger partial charge in [0.05, 0.1) is 5.69 Å². The molecule has 7 heteroatoms. The minimum Gasteiger partial charge on any atom is -0.425 e. The molecule has 1 unspecified atom stereocenters. The Morgan fingerprint density at radius 3 is 2.15 bits per heavy atom. The predicted molar refractivity (Wildman–Crippen MR) is 164 cm³/mol. The Morgan fingerprint density at radius 1 is 0.825 bits per heavy atom. The van der Waals surface area contributed by atoms with E-state index in [2.05, 4.69) is 68.1 Å². The average molecular weight is 569 g/mol. The van der Waals surface area contributed by atoms with Crippen molar-refractivity contribution < 1.29 is 19.1 Å². The zero-order chi connectivity index (χ0) is 28.7. The second-order valence-electron chi connectivity index (χ2n) is 10.8. The van der Waals surface area contributed by atoms with Crippen molar-refractivity contribution in [3.63, 3.8) is 0 Å². The van der Waals surface area contributed by atoms with Crippen LogP contribution in [-0.4, -0.2) is 49.4 Å². The van der Waals surface area contributed by atoms with Crippen LogP contribution < -0.4 is 4.90 Å². The third-order valence-electron chi connectivity index (χ3n) is 7.34. The van der Waals surface area contributed by atoms with Gasteiger partial charge in [-0.15, -0.1) is 0 Å². The molecule has 1 atom stereocenters. The summed E-state index contributed by atoms with van der Waals surface area (Å²) in [6, 6.07) is 15.0. The molecule has 40 heavy (non-hydrogen) atoms. The number of nitrogens with zero attached hydrogens (tertiary/aromatic N) is 2. The van der Waals surface area contributed by atoms with Gasteiger partial charge in [-0.05, 0) is 44.0 Å². The van der Waals surface area contributed by atoms with Gasteiger partial charge >= 0.3 is 12.1 Å². The number of carbonyl (C=O) groups is 2. The highest BCUT2D eigenvalue weighted by atomic mass is 32.2. The summed E-state index contributed by atoms with van der Waals surface area (Å²) in [6.45, 7) is 10.7. The number of hydrogen-bond donors (Lipinski definition) is 0. The summed E-state index contributed by atoms with van der Waals surface area (Å²) >= 11 is 1.78. The summed E-state index contributed by atoms with van der Waals surface area (Å²) in [7, 11) is 0. The molecule has 0 aromatic heterocycles. The number of amides is 1. The van der Waals surface area contributed by atoms with Gasteiger partial charge in [-0.1, -0.05) is 99.9 Å². The summed E-state index contributed by atoms with van der Waals surface area (Å²) in [5.41, 5.74) is 3.72. The molecule has 0 aliphatic carbocycles. The number of ether oxygens (including phenoxy) is 2. The monoisotopic (exact) mass is 568 g/mol. The van der Waals surface area contributed by atoms with E-state index in [1.807, 2.05) is 0 Å². The number of hydrogen-bond acceptors (Lipinski definition) is 6. The van der Waals surface area contributed by atoms with Gasteiger partial charge in [0.15, 0.2) is 0 Å². The maximum Gasteiger partial charge on any atom is 0.412 e. The fourth-order valence-electron chi connectivity index (χ4n) is 5.03. The van der Waals surface area contributed by atoms with Crippen molar-refractivity contribution in [3.8, 4) is 0 Å². The van der Waals surface area contributed by atoms with Crippen LogP contribution in [0.15, 0.2) is 52.3 Å². The number of carbonyl (C=O) groups excluding carboxylic acids is 2. The molecule has 1 aliphatic rings. The van der Waals surface area contributed by atoms with Crippen molar-refractivity contribution in [3.05, 3.63) is 53.6 Å². The van der Waals surface area contributed by atoms with Crippen LogP contribution in [0.4, 0.5) is 10.5 Å². The largest absolute Gasteiger partial charge is 0.425 e. The average Bonchev–Trinajstić information content (AvgIpc) is 2.94. The zero-order valence-electron chi connectivity index (χ0n) is 25.0. The molecule has 220 valence electrons. The topological polar surface area (TPSA) is 59.1 Å². The molecule has 1 fully saturated rings. The number of anilines is 1. The smallest absolute Gasteiger partial charge is 0.412 e. The van der Waals surface area contributed by atoms with Crippen LogP contribution in [0.1, 0.15) is 89.2 Å². The molecule has 0 saturated carbocycles. The van der Waals surface area contributed by atoms with Gasteiger partial charge in [-0.2, -0.15) is 0 Å². The fraction of sp³-hybridized carbons (Fsp3) is 0.576. The number of piperazine rings is 1. The van der Waals surface area contributed by atoms with Gasteiger partial charge in [0.2, 0.25) is 6.29 Å². The van der Waals surface area contributed by atoms with Crippen LogP contribution in [0.25, 0.3) is 0 Å². The van der Waals surface area contributed by atoms with Gasteiger partial charge in [-0.25, -0.2) is 4.79 Å². The van der Waals surface area contributed by atoms with E-state index >= 15 is 0 Å². The summed E-state index contributed by atoms with van der Waals surface area (Å²) in [6.07, 6.45) is 9.83. The minimum absolute atomic E-state index is 0.300. The Balaban J connectivity index is 1.36. The SMILES string of the molecule is CCCCCCCCCCCC(=O)OC(C)OC(=O)N1CCN(c2ccccc2Sc2ccc(C)cc2C)CC1. The normalized spacial score (nSPS) is 14.2. The lowest BCUT2D eigenvalue weighted by atomic mass is 10.1. The Kier molecular flexibility index (Phi) is 13.7. The maximum absolute atomic E-state index is 12.7. The van der Waals surface area contributed by atoms with Crippen molar-refractivity contribution in [2.75, 3.05) is 31.1 Å². The first-order valence-corrected chi connectivity index (χ1v) is 15.9. The van der Waals surface area contributed by atoms with Crippen LogP contribution >= 0.6 is 11.8 Å². The van der Waals surface area contributed by atoms with E-state index < -0.39 is 12.4 Å². The van der Waals surface area contributed by atoms with E-state index in [4.69, 9.17) is 9.47 Å². The molecular formula is C33H48N2O4S. The summed E-state index contributed by atoms with van der Waals surface area (Å²) < 4.78 is 10.8. The number of rotatable bonds is 15. The molecule has 1 heterocycles. The summed E-state index contributed by atoms with van der Waals surface area (Å²) in [5.74, 6) is -0.300. The number of benzene rings is 2.